The molecule has 0 aromatic heterocycles. The zero-order chi connectivity index (χ0) is 13.1. The molecule has 0 spiro atoms. The Kier molecular flexibility index (Phi) is 3.37. The minimum atomic E-state index is -0.355. The van der Waals surface area contributed by atoms with Crippen LogP contribution in [0.3, 0.4) is 0 Å². The fourth-order valence-electron chi connectivity index (χ4n) is 1.77. The molecular weight excluding hydrogens is 232 g/mol. The number of phenolic OH excluding ortho intramolecular Hbond substituents is 1. The lowest BCUT2D eigenvalue weighted by atomic mass is 10.1. The predicted octanol–water partition coefficient (Wildman–Crippen LogP) is 2.73. The molecule has 0 heterocycles. The van der Waals surface area contributed by atoms with E-state index < -0.39 is 0 Å². The van der Waals surface area contributed by atoms with Crippen LogP contribution in [0.5, 0.6) is 11.5 Å². The first kappa shape index (κ1) is 12.2. The van der Waals surface area contributed by atoms with Crippen LogP contribution < -0.4 is 4.74 Å². The average Bonchev–Trinajstić information content (AvgIpc) is 2.37. The van der Waals surface area contributed by atoms with Crippen molar-refractivity contribution in [3.05, 3.63) is 35.9 Å². The summed E-state index contributed by atoms with van der Waals surface area (Å²) in [5.41, 5.74) is 0.483. The third kappa shape index (κ3) is 2.22. The van der Waals surface area contributed by atoms with Crippen molar-refractivity contribution in [3.8, 4) is 11.5 Å². The van der Waals surface area contributed by atoms with Gasteiger partial charge in [0.15, 0.2) is 11.5 Å². The summed E-state index contributed by atoms with van der Waals surface area (Å²) < 4.78 is 9.97. The molecule has 0 saturated carbocycles. The van der Waals surface area contributed by atoms with Crippen LogP contribution in [-0.4, -0.2) is 24.8 Å². The maximum atomic E-state index is 11.6. The Morgan fingerprint density at radius 1 is 1.22 bits per heavy atom. The lowest BCUT2D eigenvalue weighted by Gasteiger charge is -2.07. The number of hydrogen-bond acceptors (Lipinski definition) is 4. The van der Waals surface area contributed by atoms with Gasteiger partial charge in [-0.25, -0.2) is 4.79 Å². The zero-order valence-electron chi connectivity index (χ0n) is 10.3. The molecule has 0 aliphatic heterocycles. The molecule has 2 aromatic rings. The van der Waals surface area contributed by atoms with E-state index in [0.29, 0.717) is 17.9 Å². The van der Waals surface area contributed by atoms with Crippen molar-refractivity contribution in [2.24, 2.45) is 0 Å². The van der Waals surface area contributed by atoms with E-state index in [1.165, 1.54) is 7.11 Å². The molecular formula is C14H14O4. The van der Waals surface area contributed by atoms with E-state index in [4.69, 9.17) is 9.47 Å². The van der Waals surface area contributed by atoms with E-state index >= 15 is 0 Å². The Hall–Kier alpha value is -2.23. The second-order valence-corrected chi connectivity index (χ2v) is 3.81. The highest BCUT2D eigenvalue weighted by atomic mass is 16.5. The first-order valence-electron chi connectivity index (χ1n) is 5.63. The van der Waals surface area contributed by atoms with Crippen LogP contribution in [0.4, 0.5) is 0 Å². The van der Waals surface area contributed by atoms with Gasteiger partial charge in [-0.3, -0.25) is 0 Å². The van der Waals surface area contributed by atoms with Crippen molar-refractivity contribution in [1.82, 2.24) is 0 Å². The van der Waals surface area contributed by atoms with Crippen LogP contribution >= 0.6 is 0 Å². The quantitative estimate of drug-likeness (QED) is 0.846. The average molecular weight is 246 g/mol. The molecule has 0 aliphatic carbocycles. The molecule has 0 unspecified atom stereocenters. The Bertz CT molecular complexity index is 590. The minimum Gasteiger partial charge on any atom is -0.504 e. The van der Waals surface area contributed by atoms with Crippen molar-refractivity contribution in [1.29, 1.82) is 0 Å². The number of methoxy groups -OCH3 is 1. The number of hydrogen-bond donors (Lipinski definition) is 1. The van der Waals surface area contributed by atoms with Gasteiger partial charge < -0.3 is 14.6 Å². The Morgan fingerprint density at radius 2 is 2.00 bits per heavy atom. The van der Waals surface area contributed by atoms with Crippen molar-refractivity contribution in [3.63, 3.8) is 0 Å². The van der Waals surface area contributed by atoms with Gasteiger partial charge in [0.05, 0.1) is 19.3 Å². The first-order chi connectivity index (χ1) is 8.65. The van der Waals surface area contributed by atoms with Crippen LogP contribution in [0.1, 0.15) is 17.3 Å². The topological polar surface area (TPSA) is 55.8 Å². The van der Waals surface area contributed by atoms with Gasteiger partial charge in [-0.05, 0) is 42.0 Å². The molecule has 2 aromatic carbocycles. The molecule has 0 amide bonds. The highest BCUT2D eigenvalue weighted by molar-refractivity contribution is 5.96. The largest absolute Gasteiger partial charge is 0.504 e. The van der Waals surface area contributed by atoms with Crippen LogP contribution in [0.25, 0.3) is 10.8 Å². The van der Waals surface area contributed by atoms with Gasteiger partial charge in [0.2, 0.25) is 0 Å². The second kappa shape index (κ2) is 4.96. The third-order valence-corrected chi connectivity index (χ3v) is 2.65. The molecule has 4 nitrogen and oxygen atoms in total. The van der Waals surface area contributed by atoms with Gasteiger partial charge >= 0.3 is 5.97 Å². The fourth-order valence-corrected chi connectivity index (χ4v) is 1.77. The van der Waals surface area contributed by atoms with E-state index in [1.807, 2.05) is 0 Å². The lowest BCUT2D eigenvalue weighted by Crippen LogP contribution is -2.04. The molecule has 18 heavy (non-hydrogen) atoms. The summed E-state index contributed by atoms with van der Waals surface area (Å²) in [6, 6.07) is 8.44. The summed E-state index contributed by atoms with van der Waals surface area (Å²) in [6.45, 7) is 2.11. The van der Waals surface area contributed by atoms with Gasteiger partial charge in [-0.2, -0.15) is 0 Å². The SMILES string of the molecule is CCOC(=O)c1ccc2cc(O)c(OC)cc2c1. The smallest absolute Gasteiger partial charge is 0.338 e. The summed E-state index contributed by atoms with van der Waals surface area (Å²) in [5, 5.41) is 11.3. The number of esters is 1. The van der Waals surface area contributed by atoms with Crippen LogP contribution in [0.2, 0.25) is 0 Å². The Labute approximate surface area is 105 Å². The monoisotopic (exact) mass is 246 g/mol. The Morgan fingerprint density at radius 3 is 2.67 bits per heavy atom. The molecule has 0 radical (unpaired) electrons. The van der Waals surface area contributed by atoms with Crippen molar-refractivity contribution < 1.29 is 19.4 Å². The fraction of sp³-hybridized carbons (Fsp3) is 0.214. The maximum Gasteiger partial charge on any atom is 0.338 e. The third-order valence-electron chi connectivity index (χ3n) is 2.65. The predicted molar refractivity (Wildman–Crippen MR) is 68.1 cm³/mol. The highest BCUT2D eigenvalue weighted by Crippen LogP contribution is 2.31. The van der Waals surface area contributed by atoms with Gasteiger partial charge in [0.1, 0.15) is 0 Å². The normalized spacial score (nSPS) is 10.3. The molecule has 2 rings (SSSR count). The van der Waals surface area contributed by atoms with E-state index in [-0.39, 0.29) is 11.7 Å². The summed E-state index contributed by atoms with van der Waals surface area (Å²) in [5.74, 6) is 0.101. The number of aromatic hydroxyl groups is 1. The second-order valence-electron chi connectivity index (χ2n) is 3.81. The van der Waals surface area contributed by atoms with Crippen LogP contribution in [0.15, 0.2) is 30.3 Å². The molecule has 4 heteroatoms. The number of phenols is 1. The standard InChI is InChI=1S/C14H14O4/c1-3-18-14(16)10-5-4-9-7-12(15)13(17-2)8-11(9)6-10/h4-8,15H,3H2,1-2H3. The number of rotatable bonds is 3. The molecule has 94 valence electrons. The van der Waals surface area contributed by atoms with Gasteiger partial charge in [0.25, 0.3) is 0 Å². The summed E-state index contributed by atoms with van der Waals surface area (Å²) in [7, 11) is 1.48. The van der Waals surface area contributed by atoms with E-state index in [0.717, 1.165) is 10.8 Å². The molecule has 0 atom stereocenters. The van der Waals surface area contributed by atoms with Crippen molar-refractivity contribution in [2.75, 3.05) is 13.7 Å². The van der Waals surface area contributed by atoms with Crippen LogP contribution in [0, 0.1) is 0 Å². The van der Waals surface area contributed by atoms with Crippen molar-refractivity contribution >= 4 is 16.7 Å². The molecule has 1 N–H and O–H groups in total. The summed E-state index contributed by atoms with van der Waals surface area (Å²) in [4.78, 5) is 11.6. The molecule has 0 fully saturated rings. The van der Waals surface area contributed by atoms with E-state index in [2.05, 4.69) is 0 Å². The first-order valence-corrected chi connectivity index (χ1v) is 5.63. The number of ether oxygens (including phenoxy) is 2. The van der Waals surface area contributed by atoms with E-state index in [9.17, 15) is 9.90 Å². The summed E-state index contributed by atoms with van der Waals surface area (Å²) in [6.07, 6.45) is 0. The number of carbonyl (C=O) groups excluding carboxylic acids is 1. The maximum absolute atomic E-state index is 11.6. The summed E-state index contributed by atoms with van der Waals surface area (Å²) >= 11 is 0. The number of benzene rings is 2. The molecule has 0 saturated heterocycles. The number of carbonyl (C=O) groups is 1. The molecule has 0 aliphatic rings. The van der Waals surface area contributed by atoms with Crippen LogP contribution in [-0.2, 0) is 4.74 Å². The highest BCUT2D eigenvalue weighted by Gasteiger charge is 2.09. The van der Waals surface area contributed by atoms with Crippen molar-refractivity contribution in [2.45, 2.75) is 6.92 Å². The Balaban J connectivity index is 2.50. The van der Waals surface area contributed by atoms with Gasteiger partial charge in [-0.15, -0.1) is 0 Å². The van der Waals surface area contributed by atoms with Gasteiger partial charge in [-0.1, -0.05) is 6.07 Å². The molecule has 0 bridgehead atoms. The zero-order valence-corrected chi connectivity index (χ0v) is 10.3. The van der Waals surface area contributed by atoms with E-state index in [1.54, 1.807) is 37.3 Å². The minimum absolute atomic E-state index is 0.0777. The lowest BCUT2D eigenvalue weighted by molar-refractivity contribution is 0.0526. The van der Waals surface area contributed by atoms with Gasteiger partial charge in [0, 0.05) is 0 Å². The number of fused-ring (bicyclic) bond motifs is 1.